The lowest BCUT2D eigenvalue weighted by molar-refractivity contribution is -0.384. The predicted octanol–water partition coefficient (Wildman–Crippen LogP) is 3.61. The number of allylic oxidation sites excluding steroid dienone is 2. The summed E-state index contributed by atoms with van der Waals surface area (Å²) in [6.07, 6.45) is 1.10. The van der Waals surface area contributed by atoms with Gasteiger partial charge in [0.1, 0.15) is 5.75 Å². The predicted molar refractivity (Wildman–Crippen MR) is 106 cm³/mol. The standard InChI is InChI=1S/C22H20N2O5/c1-29-17-8-4-13(5-9-17)15-10-19-22(20(25)11-15)18(12-21(26)23-19)14-2-6-16(7-3-14)24(27)28/h2-9,15,18H,10-12H2,1H3,(H,23,26)/t15-,18+/m0/s1. The second kappa shape index (κ2) is 7.50. The van der Waals surface area contributed by atoms with Gasteiger partial charge in [0.05, 0.1) is 12.0 Å². The zero-order valence-electron chi connectivity index (χ0n) is 15.9. The normalized spacial score (nSPS) is 21.4. The summed E-state index contributed by atoms with van der Waals surface area (Å²) in [6.45, 7) is 0. The molecule has 1 heterocycles. The van der Waals surface area contributed by atoms with E-state index in [1.54, 1.807) is 19.2 Å². The number of nitrogens with one attached hydrogen (secondary N) is 1. The van der Waals surface area contributed by atoms with E-state index in [9.17, 15) is 19.7 Å². The lowest BCUT2D eigenvalue weighted by atomic mass is 9.73. The first-order valence-electron chi connectivity index (χ1n) is 9.40. The molecule has 2 aliphatic rings. The van der Waals surface area contributed by atoms with Crippen molar-refractivity contribution in [2.45, 2.75) is 31.1 Å². The fourth-order valence-corrected chi connectivity index (χ4v) is 4.19. The van der Waals surface area contributed by atoms with Crippen LogP contribution in [0.4, 0.5) is 5.69 Å². The van der Waals surface area contributed by atoms with Crippen molar-refractivity contribution in [1.29, 1.82) is 0 Å². The number of non-ortho nitro benzene ring substituents is 1. The maximum absolute atomic E-state index is 13.1. The number of carbonyl (C=O) groups excluding carboxylic acids is 2. The first-order chi connectivity index (χ1) is 14.0. The van der Waals surface area contributed by atoms with Gasteiger partial charge in [0.2, 0.25) is 5.91 Å². The van der Waals surface area contributed by atoms with Crippen LogP contribution in [0, 0.1) is 10.1 Å². The number of methoxy groups -OCH3 is 1. The van der Waals surface area contributed by atoms with Crippen molar-refractivity contribution in [3.05, 3.63) is 81.0 Å². The van der Waals surface area contributed by atoms with Gasteiger partial charge in [-0.3, -0.25) is 19.7 Å². The van der Waals surface area contributed by atoms with Crippen LogP contribution in [-0.4, -0.2) is 23.7 Å². The molecule has 0 saturated carbocycles. The molecule has 7 heteroatoms. The van der Waals surface area contributed by atoms with Crippen LogP contribution in [0.15, 0.2) is 59.8 Å². The Balaban J connectivity index is 1.66. The number of rotatable bonds is 4. The van der Waals surface area contributed by atoms with E-state index in [1.807, 2.05) is 24.3 Å². The van der Waals surface area contributed by atoms with Crippen LogP contribution in [0.25, 0.3) is 0 Å². The van der Waals surface area contributed by atoms with Gasteiger partial charge < -0.3 is 10.1 Å². The Labute approximate surface area is 167 Å². The molecule has 1 amide bonds. The quantitative estimate of drug-likeness (QED) is 0.633. The summed E-state index contributed by atoms with van der Waals surface area (Å²) >= 11 is 0. The van der Waals surface area contributed by atoms with E-state index < -0.39 is 4.92 Å². The van der Waals surface area contributed by atoms with Gasteiger partial charge in [-0.25, -0.2) is 0 Å². The Morgan fingerprint density at radius 2 is 1.62 bits per heavy atom. The summed E-state index contributed by atoms with van der Waals surface area (Å²) in [7, 11) is 1.60. The minimum absolute atomic E-state index is 0.00965. The number of ketones is 1. The average molecular weight is 392 g/mol. The molecule has 148 valence electrons. The summed E-state index contributed by atoms with van der Waals surface area (Å²) in [4.78, 5) is 35.8. The van der Waals surface area contributed by atoms with Crippen molar-refractivity contribution in [3.8, 4) is 5.75 Å². The van der Waals surface area contributed by atoms with Gasteiger partial charge in [-0.15, -0.1) is 0 Å². The molecule has 4 rings (SSSR count). The Morgan fingerprint density at radius 3 is 2.24 bits per heavy atom. The van der Waals surface area contributed by atoms with Crippen LogP contribution < -0.4 is 10.1 Å². The smallest absolute Gasteiger partial charge is 0.269 e. The van der Waals surface area contributed by atoms with Crippen LogP contribution in [0.1, 0.15) is 42.2 Å². The van der Waals surface area contributed by atoms with E-state index in [0.717, 1.165) is 16.9 Å². The van der Waals surface area contributed by atoms with Crippen molar-refractivity contribution in [1.82, 2.24) is 5.32 Å². The molecule has 29 heavy (non-hydrogen) atoms. The van der Waals surface area contributed by atoms with Gasteiger partial charge in [0.25, 0.3) is 5.69 Å². The second-order valence-corrected chi connectivity index (χ2v) is 7.35. The molecule has 1 aliphatic heterocycles. The average Bonchev–Trinajstić information content (AvgIpc) is 2.73. The van der Waals surface area contributed by atoms with Gasteiger partial charge in [-0.1, -0.05) is 24.3 Å². The first-order valence-corrected chi connectivity index (χ1v) is 9.40. The van der Waals surface area contributed by atoms with Gasteiger partial charge in [0.15, 0.2) is 5.78 Å². The number of ether oxygens (including phenoxy) is 1. The van der Waals surface area contributed by atoms with Crippen LogP contribution in [0.3, 0.4) is 0 Å². The molecule has 2 aromatic rings. The lowest BCUT2D eigenvalue weighted by Gasteiger charge is -2.34. The SMILES string of the molecule is COc1ccc([C@@H]2CC(=O)C3=C(C2)NC(=O)C[C@@H]3c2ccc([N+](=O)[O-])cc2)cc1. The summed E-state index contributed by atoms with van der Waals surface area (Å²) < 4.78 is 5.19. The number of nitro benzene ring substituents is 1. The van der Waals surface area contributed by atoms with Crippen LogP contribution in [-0.2, 0) is 9.59 Å². The van der Waals surface area contributed by atoms with Crippen molar-refractivity contribution in [2.24, 2.45) is 0 Å². The van der Waals surface area contributed by atoms with E-state index in [1.165, 1.54) is 12.1 Å². The van der Waals surface area contributed by atoms with Crippen molar-refractivity contribution in [3.63, 3.8) is 0 Å². The number of Topliss-reactive ketones (excluding diaryl/α,β-unsaturated/α-hetero) is 1. The van der Waals surface area contributed by atoms with Crippen molar-refractivity contribution < 1.29 is 19.2 Å². The molecule has 0 spiro atoms. The Morgan fingerprint density at radius 1 is 0.966 bits per heavy atom. The number of nitrogens with zero attached hydrogens (tertiary/aromatic N) is 1. The molecule has 0 saturated heterocycles. The Hall–Kier alpha value is -3.48. The third kappa shape index (κ3) is 3.63. The monoisotopic (exact) mass is 392 g/mol. The largest absolute Gasteiger partial charge is 0.497 e. The highest BCUT2D eigenvalue weighted by molar-refractivity contribution is 6.02. The third-order valence-electron chi connectivity index (χ3n) is 5.63. The number of carbonyl (C=O) groups is 2. The van der Waals surface area contributed by atoms with Crippen molar-refractivity contribution >= 4 is 17.4 Å². The molecule has 0 radical (unpaired) electrons. The van der Waals surface area contributed by atoms with E-state index in [4.69, 9.17) is 4.74 Å². The first kappa shape index (κ1) is 18.9. The topological polar surface area (TPSA) is 98.5 Å². The van der Waals surface area contributed by atoms with Gasteiger partial charge >= 0.3 is 0 Å². The van der Waals surface area contributed by atoms with Gasteiger partial charge in [-0.2, -0.15) is 0 Å². The second-order valence-electron chi connectivity index (χ2n) is 7.35. The Bertz CT molecular complexity index is 1010. The molecule has 2 aromatic carbocycles. The minimum atomic E-state index is -0.465. The number of nitro groups is 1. The molecule has 0 unspecified atom stereocenters. The molecule has 0 aromatic heterocycles. The molecule has 1 aliphatic carbocycles. The molecule has 0 fully saturated rings. The van der Waals surface area contributed by atoms with E-state index >= 15 is 0 Å². The minimum Gasteiger partial charge on any atom is -0.497 e. The van der Waals surface area contributed by atoms with Crippen LogP contribution in [0.5, 0.6) is 5.75 Å². The van der Waals surface area contributed by atoms with E-state index in [-0.39, 0.29) is 35.6 Å². The molecular weight excluding hydrogens is 372 g/mol. The zero-order valence-corrected chi connectivity index (χ0v) is 15.9. The summed E-state index contributed by atoms with van der Waals surface area (Å²) in [5.74, 6) is 0.234. The fourth-order valence-electron chi connectivity index (χ4n) is 4.19. The van der Waals surface area contributed by atoms with E-state index in [2.05, 4.69) is 5.32 Å². The van der Waals surface area contributed by atoms with Gasteiger partial charge in [-0.05, 0) is 35.6 Å². The highest BCUT2D eigenvalue weighted by Crippen LogP contribution is 2.42. The summed E-state index contributed by atoms with van der Waals surface area (Å²) in [5, 5.41) is 13.8. The fraction of sp³-hybridized carbons (Fsp3) is 0.273. The maximum atomic E-state index is 13.1. The number of benzene rings is 2. The molecular formula is C22H20N2O5. The van der Waals surface area contributed by atoms with Gasteiger partial charge in [0, 0.05) is 42.2 Å². The lowest BCUT2D eigenvalue weighted by Crippen LogP contribution is -2.38. The van der Waals surface area contributed by atoms with Crippen LogP contribution in [0.2, 0.25) is 0 Å². The summed E-state index contributed by atoms with van der Waals surface area (Å²) in [6, 6.07) is 13.7. The summed E-state index contributed by atoms with van der Waals surface area (Å²) in [5.41, 5.74) is 3.05. The zero-order chi connectivity index (χ0) is 20.5. The number of hydrogen-bond acceptors (Lipinski definition) is 5. The molecule has 2 atom stereocenters. The number of amides is 1. The van der Waals surface area contributed by atoms with Crippen molar-refractivity contribution in [2.75, 3.05) is 7.11 Å². The highest BCUT2D eigenvalue weighted by atomic mass is 16.6. The Kier molecular flexibility index (Phi) is 4.88. The van der Waals surface area contributed by atoms with E-state index in [0.29, 0.717) is 24.1 Å². The molecule has 7 nitrogen and oxygen atoms in total. The highest BCUT2D eigenvalue weighted by Gasteiger charge is 2.38. The third-order valence-corrected chi connectivity index (χ3v) is 5.63. The molecule has 0 bridgehead atoms. The van der Waals surface area contributed by atoms with Crippen LogP contribution >= 0.6 is 0 Å². The maximum Gasteiger partial charge on any atom is 0.269 e. The number of hydrogen-bond donors (Lipinski definition) is 1. The molecule has 1 N–H and O–H groups in total.